The Morgan fingerprint density at radius 3 is 2.71 bits per heavy atom. The summed E-state index contributed by atoms with van der Waals surface area (Å²) >= 11 is 0. The highest BCUT2D eigenvalue weighted by Gasteiger charge is 2.38. The molecule has 0 aromatic heterocycles. The van der Waals surface area contributed by atoms with E-state index < -0.39 is 10.0 Å². The summed E-state index contributed by atoms with van der Waals surface area (Å²) in [6, 6.07) is 5.23. The number of carbonyl (C=O) groups is 1. The van der Waals surface area contributed by atoms with Gasteiger partial charge in [0.25, 0.3) is 0 Å². The van der Waals surface area contributed by atoms with Gasteiger partial charge in [-0.25, -0.2) is 13.1 Å². The molecule has 0 spiro atoms. The number of hydrogen-bond acceptors (Lipinski definition) is 4. The molecule has 3 atom stereocenters. The highest BCUT2D eigenvalue weighted by molar-refractivity contribution is 7.89. The Morgan fingerprint density at radius 1 is 1.25 bits per heavy atom. The number of rotatable bonds is 4. The molecule has 1 saturated heterocycles. The van der Waals surface area contributed by atoms with E-state index in [1.54, 1.807) is 19.1 Å². The number of benzene rings is 1. The van der Waals surface area contributed by atoms with Crippen LogP contribution in [0.5, 0.6) is 0 Å². The Balaban J connectivity index is 1.72. The summed E-state index contributed by atoms with van der Waals surface area (Å²) < 4.78 is 26.4. The molecule has 0 radical (unpaired) electrons. The summed E-state index contributed by atoms with van der Waals surface area (Å²) in [5.41, 5.74) is 1.16. The second-order valence-electron chi connectivity index (χ2n) is 6.78. The van der Waals surface area contributed by atoms with Crippen LogP contribution < -0.4 is 15.4 Å². The van der Waals surface area contributed by atoms with Gasteiger partial charge in [0.15, 0.2) is 0 Å². The van der Waals surface area contributed by atoms with Gasteiger partial charge in [-0.3, -0.25) is 4.79 Å². The van der Waals surface area contributed by atoms with Crippen LogP contribution in [0.1, 0.15) is 37.7 Å². The summed E-state index contributed by atoms with van der Waals surface area (Å²) in [5, 5.41) is 6.30. The number of fused-ring (bicyclic) bond motifs is 1. The van der Waals surface area contributed by atoms with Gasteiger partial charge in [-0.05, 0) is 56.8 Å². The average Bonchev–Trinajstić information content (AvgIpc) is 3.00. The molecule has 1 aliphatic heterocycles. The molecule has 1 aromatic rings. The van der Waals surface area contributed by atoms with Crippen molar-refractivity contribution in [3.8, 4) is 0 Å². The van der Waals surface area contributed by atoms with E-state index >= 15 is 0 Å². The van der Waals surface area contributed by atoms with Gasteiger partial charge in [-0.2, -0.15) is 0 Å². The molecule has 2 aliphatic rings. The lowest BCUT2D eigenvalue weighted by Gasteiger charge is -2.24. The molecule has 1 amide bonds. The molecule has 0 bridgehead atoms. The predicted molar refractivity (Wildman–Crippen MR) is 93.3 cm³/mol. The van der Waals surface area contributed by atoms with E-state index in [4.69, 9.17) is 0 Å². The Bertz CT molecular complexity index is 719. The largest absolute Gasteiger partial charge is 0.325 e. The van der Waals surface area contributed by atoms with Gasteiger partial charge in [-0.15, -0.1) is 0 Å². The van der Waals surface area contributed by atoms with Gasteiger partial charge in [0.2, 0.25) is 15.9 Å². The number of nitrogens with one attached hydrogen (secondary N) is 3. The third kappa shape index (κ3) is 3.48. The molecule has 1 heterocycles. The summed E-state index contributed by atoms with van der Waals surface area (Å²) in [6.45, 7) is 1.74. The van der Waals surface area contributed by atoms with Crippen LogP contribution in [-0.2, 0) is 14.8 Å². The fourth-order valence-electron chi connectivity index (χ4n) is 3.83. The van der Waals surface area contributed by atoms with E-state index in [9.17, 15) is 13.2 Å². The first-order valence-corrected chi connectivity index (χ1v) is 10.00. The van der Waals surface area contributed by atoms with Crippen LogP contribution in [-0.4, -0.2) is 33.5 Å². The van der Waals surface area contributed by atoms with Crippen molar-refractivity contribution >= 4 is 21.6 Å². The van der Waals surface area contributed by atoms with E-state index in [-0.39, 0.29) is 16.8 Å². The van der Waals surface area contributed by atoms with Crippen molar-refractivity contribution in [1.29, 1.82) is 0 Å². The fourth-order valence-corrected chi connectivity index (χ4v) is 4.82. The number of aryl methyl sites for hydroxylation is 1. The lowest BCUT2D eigenvalue weighted by molar-refractivity contribution is -0.117. The van der Waals surface area contributed by atoms with E-state index in [1.165, 1.54) is 32.4 Å². The first-order chi connectivity index (χ1) is 11.4. The van der Waals surface area contributed by atoms with Crippen LogP contribution in [0, 0.1) is 12.8 Å². The lowest BCUT2D eigenvalue weighted by Crippen LogP contribution is -2.39. The molecule has 132 valence electrons. The molecule has 3 rings (SSSR count). The van der Waals surface area contributed by atoms with Crippen molar-refractivity contribution in [1.82, 2.24) is 10.0 Å². The van der Waals surface area contributed by atoms with Crippen LogP contribution in [0.25, 0.3) is 0 Å². The number of carbonyl (C=O) groups excluding carboxylic acids is 1. The molecule has 2 fully saturated rings. The maximum Gasteiger partial charge on any atom is 0.241 e. The molecule has 7 heteroatoms. The molecule has 1 aromatic carbocycles. The highest BCUT2D eigenvalue weighted by atomic mass is 32.2. The van der Waals surface area contributed by atoms with Crippen LogP contribution in [0.2, 0.25) is 0 Å². The first-order valence-electron chi connectivity index (χ1n) is 8.52. The Kier molecular flexibility index (Phi) is 4.94. The smallest absolute Gasteiger partial charge is 0.241 e. The monoisotopic (exact) mass is 351 g/mol. The topological polar surface area (TPSA) is 87.3 Å². The third-order valence-electron chi connectivity index (χ3n) is 5.19. The van der Waals surface area contributed by atoms with E-state index in [1.807, 2.05) is 0 Å². The van der Waals surface area contributed by atoms with Gasteiger partial charge >= 0.3 is 0 Å². The Morgan fingerprint density at radius 2 is 2.00 bits per heavy atom. The zero-order valence-corrected chi connectivity index (χ0v) is 14.9. The molecule has 6 nitrogen and oxygen atoms in total. The third-order valence-corrected chi connectivity index (χ3v) is 6.75. The van der Waals surface area contributed by atoms with Crippen LogP contribution >= 0.6 is 0 Å². The van der Waals surface area contributed by atoms with Gasteiger partial charge < -0.3 is 10.6 Å². The Labute approximate surface area is 143 Å². The molecule has 24 heavy (non-hydrogen) atoms. The van der Waals surface area contributed by atoms with Crippen molar-refractivity contribution < 1.29 is 13.2 Å². The molecular formula is C17H25N3O3S. The van der Waals surface area contributed by atoms with E-state index in [2.05, 4.69) is 15.4 Å². The number of sulfonamides is 1. The lowest BCUT2D eigenvalue weighted by atomic mass is 9.85. The maximum absolute atomic E-state index is 12.5. The van der Waals surface area contributed by atoms with Crippen LogP contribution in [0.15, 0.2) is 23.1 Å². The fraction of sp³-hybridized carbons (Fsp3) is 0.588. The Hall–Kier alpha value is -1.44. The van der Waals surface area contributed by atoms with Gasteiger partial charge in [0.05, 0.1) is 10.9 Å². The van der Waals surface area contributed by atoms with Gasteiger partial charge in [-0.1, -0.05) is 18.9 Å². The highest BCUT2D eigenvalue weighted by Crippen LogP contribution is 2.33. The quantitative estimate of drug-likeness (QED) is 0.771. The number of hydrogen-bond donors (Lipinski definition) is 3. The zero-order chi connectivity index (χ0) is 17.3. The van der Waals surface area contributed by atoms with Crippen molar-refractivity contribution in [3.63, 3.8) is 0 Å². The van der Waals surface area contributed by atoms with Crippen molar-refractivity contribution in [2.24, 2.45) is 5.92 Å². The maximum atomic E-state index is 12.5. The summed E-state index contributed by atoms with van der Waals surface area (Å²) in [5.74, 6) is 0.508. The minimum Gasteiger partial charge on any atom is -0.325 e. The van der Waals surface area contributed by atoms with Crippen molar-refractivity contribution in [3.05, 3.63) is 23.8 Å². The van der Waals surface area contributed by atoms with Crippen molar-refractivity contribution in [2.45, 2.75) is 56.0 Å². The van der Waals surface area contributed by atoms with Crippen LogP contribution in [0.3, 0.4) is 0 Å². The summed E-state index contributed by atoms with van der Waals surface area (Å²) in [6.07, 6.45) is 5.68. The van der Waals surface area contributed by atoms with E-state index in [0.29, 0.717) is 23.2 Å². The second kappa shape index (κ2) is 6.82. The SMILES string of the molecule is CNS(=O)(=O)c1cc(NC(=O)C2CC3CCCCC3N2)ccc1C. The van der Waals surface area contributed by atoms with Gasteiger partial charge in [0.1, 0.15) is 0 Å². The minimum atomic E-state index is -3.54. The standard InChI is InChI=1S/C17H25N3O3S/c1-11-7-8-13(10-16(11)24(22,23)18-2)19-17(21)15-9-12-5-3-4-6-14(12)20-15/h7-8,10,12,14-15,18,20H,3-6,9H2,1-2H3,(H,19,21). The molecule has 3 unspecified atom stereocenters. The average molecular weight is 351 g/mol. The number of anilines is 1. The first kappa shape index (κ1) is 17.4. The molecule has 3 N–H and O–H groups in total. The zero-order valence-electron chi connectivity index (χ0n) is 14.1. The van der Waals surface area contributed by atoms with E-state index in [0.717, 1.165) is 12.8 Å². The predicted octanol–water partition coefficient (Wildman–Crippen LogP) is 1.76. The summed E-state index contributed by atoms with van der Waals surface area (Å²) in [7, 11) is -2.16. The second-order valence-corrected chi connectivity index (χ2v) is 8.64. The molecule has 1 aliphatic carbocycles. The van der Waals surface area contributed by atoms with Gasteiger partial charge in [0, 0.05) is 11.7 Å². The minimum absolute atomic E-state index is 0.0824. The molecular weight excluding hydrogens is 326 g/mol. The number of amides is 1. The van der Waals surface area contributed by atoms with Crippen LogP contribution in [0.4, 0.5) is 5.69 Å². The normalized spacial score (nSPS) is 26.8. The van der Waals surface area contributed by atoms with Crippen molar-refractivity contribution in [2.75, 3.05) is 12.4 Å². The summed E-state index contributed by atoms with van der Waals surface area (Å²) in [4.78, 5) is 12.7. The molecule has 1 saturated carbocycles.